The number of hydrogen-bond acceptors (Lipinski definition) is 9. The number of benzene rings is 2. The lowest BCUT2D eigenvalue weighted by Crippen LogP contribution is -2.53. The van der Waals surface area contributed by atoms with Crippen molar-refractivity contribution in [3.63, 3.8) is 0 Å². The SMILES string of the molecule is COC(=O)N[C@H](C(=O)N1C[C@]2(CCCOC2)C[C@H]1c1ncc(-c2ccc(-c3ccc4c(c3)CCCc3nc([C@@H]5C[C@@H]6CCCC[C@@H]6N5C(=O)[C@@H](NC(=O)OC)C(C)C)[nH]c3-4)cc2)[nH]1)C(C)C. The molecule has 0 unspecified atom stereocenters. The van der Waals surface area contributed by atoms with E-state index in [4.69, 9.17) is 24.2 Å². The highest BCUT2D eigenvalue weighted by Crippen LogP contribution is 2.49. The van der Waals surface area contributed by atoms with E-state index in [-0.39, 0.29) is 47.2 Å². The third kappa shape index (κ3) is 8.82. The van der Waals surface area contributed by atoms with Gasteiger partial charge in [0.15, 0.2) is 0 Å². The van der Waals surface area contributed by atoms with E-state index in [1.165, 1.54) is 26.2 Å². The van der Waals surface area contributed by atoms with Crippen molar-refractivity contribution in [1.29, 1.82) is 0 Å². The lowest BCUT2D eigenvalue weighted by Gasteiger charge is -2.36. The highest BCUT2D eigenvalue weighted by molar-refractivity contribution is 5.87. The van der Waals surface area contributed by atoms with Crippen LogP contribution in [0.2, 0.25) is 0 Å². The maximum absolute atomic E-state index is 14.4. The fourth-order valence-corrected chi connectivity index (χ4v) is 11.6. The molecule has 3 aliphatic heterocycles. The molecule has 15 heteroatoms. The summed E-state index contributed by atoms with van der Waals surface area (Å²) in [5.74, 6) is 1.50. The molecule has 1 saturated carbocycles. The van der Waals surface area contributed by atoms with E-state index in [0.717, 1.165) is 122 Å². The molecule has 15 nitrogen and oxygen atoms in total. The van der Waals surface area contributed by atoms with Crippen molar-refractivity contribution in [3.8, 4) is 33.6 Å². The van der Waals surface area contributed by atoms with Crippen LogP contribution in [-0.4, -0.2) is 106 Å². The molecular weight excluding hydrogens is 837 g/mol. The number of methoxy groups -OCH3 is 2. The second-order valence-corrected chi connectivity index (χ2v) is 20.1. The second kappa shape index (κ2) is 18.9. The van der Waals surface area contributed by atoms with Crippen molar-refractivity contribution in [2.75, 3.05) is 34.0 Å². The number of ether oxygens (including phenoxy) is 3. The van der Waals surface area contributed by atoms with Gasteiger partial charge in [0.1, 0.15) is 23.7 Å². The van der Waals surface area contributed by atoms with Gasteiger partial charge < -0.3 is 44.6 Å². The smallest absolute Gasteiger partial charge is 0.407 e. The number of likely N-dealkylation sites (tertiary alicyclic amines) is 2. The molecule has 2 aromatic heterocycles. The van der Waals surface area contributed by atoms with E-state index in [9.17, 15) is 19.2 Å². The maximum Gasteiger partial charge on any atom is 0.407 e. The molecule has 0 radical (unpaired) electrons. The second-order valence-electron chi connectivity index (χ2n) is 20.1. The Morgan fingerprint density at radius 3 is 2.20 bits per heavy atom. The monoisotopic (exact) mass is 903 g/mol. The van der Waals surface area contributed by atoms with Crippen LogP contribution in [0, 0.1) is 23.2 Å². The highest BCUT2D eigenvalue weighted by atomic mass is 16.5. The first kappa shape index (κ1) is 45.5. The zero-order valence-electron chi connectivity index (χ0n) is 39.3. The van der Waals surface area contributed by atoms with Crippen molar-refractivity contribution >= 4 is 24.0 Å². The lowest BCUT2D eigenvalue weighted by atomic mass is 9.80. The molecule has 4 amide bonds. The van der Waals surface area contributed by atoms with Crippen molar-refractivity contribution in [1.82, 2.24) is 40.4 Å². The van der Waals surface area contributed by atoms with Crippen LogP contribution in [0.3, 0.4) is 0 Å². The fraction of sp³-hybridized carbons (Fsp3) is 0.569. The summed E-state index contributed by atoms with van der Waals surface area (Å²) in [5, 5.41) is 5.60. The molecule has 2 aliphatic carbocycles. The largest absolute Gasteiger partial charge is 0.453 e. The number of aromatic nitrogens is 4. The van der Waals surface area contributed by atoms with E-state index < -0.39 is 24.3 Å². The minimum absolute atomic E-state index is 0.0629. The molecule has 1 spiro atoms. The molecule has 9 rings (SSSR count). The number of fused-ring (bicyclic) bond motifs is 4. The molecule has 4 N–H and O–H groups in total. The molecule has 4 aromatic rings. The molecule has 4 fully saturated rings. The van der Waals surface area contributed by atoms with E-state index >= 15 is 0 Å². The molecular formula is C51H66N8O7. The first-order valence-corrected chi connectivity index (χ1v) is 24.1. The average Bonchev–Trinajstić information content (AvgIpc) is 4.13. The normalized spacial score (nSPS) is 24.6. The minimum atomic E-state index is -0.736. The van der Waals surface area contributed by atoms with Gasteiger partial charge in [0, 0.05) is 30.2 Å². The number of aromatic amines is 2. The van der Waals surface area contributed by atoms with Crippen LogP contribution in [0.1, 0.15) is 120 Å². The van der Waals surface area contributed by atoms with Crippen LogP contribution in [0.4, 0.5) is 9.59 Å². The van der Waals surface area contributed by atoms with Gasteiger partial charge in [0.2, 0.25) is 11.8 Å². The summed E-state index contributed by atoms with van der Waals surface area (Å²) in [6, 6.07) is 13.4. The molecule has 0 bridgehead atoms. The van der Waals surface area contributed by atoms with Gasteiger partial charge in [0.05, 0.1) is 56.2 Å². The molecule has 5 heterocycles. The minimum Gasteiger partial charge on any atom is -0.453 e. The van der Waals surface area contributed by atoms with Crippen molar-refractivity contribution in [3.05, 3.63) is 71.6 Å². The summed E-state index contributed by atoms with van der Waals surface area (Å²) in [7, 11) is 2.63. The first-order chi connectivity index (χ1) is 31.9. The van der Waals surface area contributed by atoms with Crippen molar-refractivity contribution in [2.45, 2.75) is 129 Å². The summed E-state index contributed by atoms with van der Waals surface area (Å²) in [4.78, 5) is 74.7. The molecule has 352 valence electrons. The first-order valence-electron chi connectivity index (χ1n) is 24.1. The standard InChI is InChI=1S/C51H66N8O7/c1-29(2)42(56-49(62)64-5)47(60)58-27-51(21-10-22-66-28-51)25-41(58)45-52-26-38(54-45)32-17-15-31(16-18-32)33-19-20-36-34(23-33)12-9-13-37-44(36)55-46(53-37)40-24-35-11-7-8-14-39(35)59(40)48(61)43(30(3)4)57-50(63)65-6/h15-20,23,26,29-30,35,39-43H,7-14,21-22,24-25,27-28H2,1-6H3,(H,52,54)(H,53,55)(H,56,62)(H,57,63)/t35-,39-,40-,41-,42-,43-,51-/m0/s1. The topological polar surface area (TPSA) is 184 Å². The predicted molar refractivity (Wildman–Crippen MR) is 249 cm³/mol. The van der Waals surface area contributed by atoms with Gasteiger partial charge in [-0.2, -0.15) is 0 Å². The average molecular weight is 903 g/mol. The number of carbonyl (C=O) groups is 4. The van der Waals surface area contributed by atoms with E-state index in [2.05, 4.69) is 68.0 Å². The number of amides is 4. The predicted octanol–water partition coefficient (Wildman–Crippen LogP) is 8.29. The van der Waals surface area contributed by atoms with Gasteiger partial charge in [-0.1, -0.05) is 83.0 Å². The van der Waals surface area contributed by atoms with Crippen LogP contribution in [-0.2, 0) is 36.6 Å². The highest BCUT2D eigenvalue weighted by Gasteiger charge is 2.51. The summed E-state index contributed by atoms with van der Waals surface area (Å²) >= 11 is 0. The Balaban J connectivity index is 0.944. The summed E-state index contributed by atoms with van der Waals surface area (Å²) in [5.41, 5.74) is 8.39. The molecule has 3 saturated heterocycles. The molecule has 5 aliphatic rings. The summed E-state index contributed by atoms with van der Waals surface area (Å²) in [6.07, 6.45) is 11.1. The Morgan fingerprint density at radius 2 is 1.50 bits per heavy atom. The van der Waals surface area contributed by atoms with Gasteiger partial charge in [-0.15, -0.1) is 0 Å². The quantitative estimate of drug-likeness (QED) is 0.122. The Bertz CT molecular complexity index is 2420. The van der Waals surface area contributed by atoms with Gasteiger partial charge >= 0.3 is 12.2 Å². The van der Waals surface area contributed by atoms with Crippen molar-refractivity contribution < 1.29 is 33.4 Å². The number of nitrogens with zero attached hydrogens (tertiary/aromatic N) is 4. The maximum atomic E-state index is 14.4. The van der Waals surface area contributed by atoms with E-state index in [1.54, 1.807) is 0 Å². The van der Waals surface area contributed by atoms with Gasteiger partial charge in [-0.25, -0.2) is 19.6 Å². The number of nitrogens with one attached hydrogen (secondary N) is 4. The number of H-pyrrole nitrogens is 2. The van der Waals surface area contributed by atoms with Crippen LogP contribution in [0.5, 0.6) is 0 Å². The third-order valence-electron chi connectivity index (χ3n) is 15.1. The fourth-order valence-electron chi connectivity index (χ4n) is 11.6. The molecule has 2 aromatic carbocycles. The van der Waals surface area contributed by atoms with Gasteiger partial charge in [-0.05, 0) is 97.8 Å². The Kier molecular flexibility index (Phi) is 13.0. The number of aryl methyl sites for hydroxylation is 2. The van der Waals surface area contributed by atoms with Gasteiger partial charge in [-0.3, -0.25) is 9.59 Å². The van der Waals surface area contributed by atoms with E-state index in [0.29, 0.717) is 19.1 Å². The Hall–Kier alpha value is -5.70. The zero-order chi connectivity index (χ0) is 46.3. The van der Waals surface area contributed by atoms with Crippen LogP contribution in [0.25, 0.3) is 33.6 Å². The van der Waals surface area contributed by atoms with Crippen LogP contribution in [0.15, 0.2) is 48.7 Å². The van der Waals surface area contributed by atoms with E-state index in [1.807, 2.05) is 38.8 Å². The van der Waals surface area contributed by atoms with Crippen molar-refractivity contribution in [2.24, 2.45) is 23.2 Å². The van der Waals surface area contributed by atoms with Gasteiger partial charge in [0.25, 0.3) is 0 Å². The number of imidazole rings is 2. The number of alkyl carbamates (subject to hydrolysis) is 2. The van der Waals surface area contributed by atoms with Crippen LogP contribution < -0.4 is 10.6 Å². The number of carbonyl (C=O) groups excluding carboxylic acids is 4. The van der Waals surface area contributed by atoms with Crippen LogP contribution >= 0.6 is 0 Å². The molecule has 7 atom stereocenters. The molecule has 66 heavy (non-hydrogen) atoms. The summed E-state index contributed by atoms with van der Waals surface area (Å²) < 4.78 is 15.8. The zero-order valence-corrected chi connectivity index (χ0v) is 39.3. The summed E-state index contributed by atoms with van der Waals surface area (Å²) in [6.45, 7) is 9.61. The number of rotatable bonds is 10. The Labute approximate surface area is 387 Å². The third-order valence-corrected chi connectivity index (χ3v) is 15.1. The lowest BCUT2D eigenvalue weighted by molar-refractivity contribution is -0.138. The Morgan fingerprint density at radius 1 is 0.803 bits per heavy atom. The number of hydrogen-bond donors (Lipinski definition) is 4.